The van der Waals surface area contributed by atoms with Gasteiger partial charge in [-0.25, -0.2) is 23.5 Å². The third-order valence-corrected chi connectivity index (χ3v) is 4.14. The van der Waals surface area contributed by atoms with E-state index in [-0.39, 0.29) is 28.9 Å². The Bertz CT molecular complexity index is 651. The highest BCUT2D eigenvalue weighted by molar-refractivity contribution is 5.24. The van der Waals surface area contributed by atoms with Crippen LogP contribution in [0.25, 0.3) is 0 Å². The van der Waals surface area contributed by atoms with Gasteiger partial charge < -0.3 is 0 Å². The summed E-state index contributed by atoms with van der Waals surface area (Å²) >= 11 is 0. The van der Waals surface area contributed by atoms with Crippen LogP contribution in [0.4, 0.5) is 0 Å². The predicted molar refractivity (Wildman–Crippen MR) is 68.8 cm³/mol. The van der Waals surface area contributed by atoms with Crippen molar-refractivity contribution in [1.82, 2.24) is 13.9 Å². The molecule has 2 aliphatic heterocycles. The minimum atomic E-state index is -0.195. The van der Waals surface area contributed by atoms with Gasteiger partial charge >= 0.3 is 11.4 Å². The Morgan fingerprint density at radius 2 is 1.72 bits per heavy atom. The Kier molecular flexibility index (Phi) is 2.10. The molecule has 5 nitrogen and oxygen atoms in total. The van der Waals surface area contributed by atoms with Crippen molar-refractivity contribution in [3.05, 3.63) is 32.6 Å². The van der Waals surface area contributed by atoms with Crippen molar-refractivity contribution in [3.63, 3.8) is 0 Å². The summed E-state index contributed by atoms with van der Waals surface area (Å²) < 4.78 is 4.51. The minimum absolute atomic E-state index is 0.0416. The van der Waals surface area contributed by atoms with Gasteiger partial charge in [-0.1, -0.05) is 26.8 Å². The Morgan fingerprint density at radius 3 is 2.33 bits per heavy atom. The van der Waals surface area contributed by atoms with Gasteiger partial charge in [0.25, 0.3) is 0 Å². The molecule has 0 fully saturated rings. The molecule has 5 heteroatoms. The van der Waals surface area contributed by atoms with E-state index in [0.29, 0.717) is 0 Å². The fourth-order valence-corrected chi connectivity index (χ4v) is 3.24. The molecular weight excluding hydrogens is 230 g/mol. The second-order valence-corrected chi connectivity index (χ2v) is 6.35. The molecule has 3 heterocycles. The van der Waals surface area contributed by atoms with Gasteiger partial charge in [-0.2, -0.15) is 0 Å². The Morgan fingerprint density at radius 1 is 1.11 bits per heavy atom. The van der Waals surface area contributed by atoms with Crippen LogP contribution in [0.3, 0.4) is 0 Å². The Balaban J connectivity index is 2.28. The summed E-state index contributed by atoms with van der Waals surface area (Å²) in [6.45, 7) is 6.49. The van der Waals surface area contributed by atoms with Gasteiger partial charge in [-0.3, -0.25) is 0 Å². The monoisotopic (exact) mass is 249 g/mol. The molecule has 1 aromatic heterocycles. The summed E-state index contributed by atoms with van der Waals surface area (Å²) in [4.78, 5) is 24.2. The molecule has 1 aliphatic carbocycles. The van der Waals surface area contributed by atoms with E-state index < -0.39 is 0 Å². The van der Waals surface area contributed by atoms with Crippen LogP contribution in [-0.2, 0) is 7.05 Å². The van der Waals surface area contributed by atoms with Gasteiger partial charge in [0.1, 0.15) is 0 Å². The van der Waals surface area contributed by atoms with Crippen molar-refractivity contribution in [2.45, 2.75) is 45.7 Å². The van der Waals surface area contributed by atoms with Gasteiger partial charge in [-0.15, -0.1) is 0 Å². The lowest BCUT2D eigenvalue weighted by atomic mass is 9.75. The quantitative estimate of drug-likeness (QED) is 0.649. The van der Waals surface area contributed by atoms with E-state index in [1.54, 1.807) is 16.4 Å². The number of aromatic nitrogens is 3. The number of rotatable bonds is 0. The van der Waals surface area contributed by atoms with E-state index in [1.165, 1.54) is 10.1 Å². The summed E-state index contributed by atoms with van der Waals surface area (Å²) in [7, 11) is 1.55. The fourth-order valence-electron chi connectivity index (χ4n) is 3.24. The maximum atomic E-state index is 12.2. The van der Waals surface area contributed by atoms with Crippen molar-refractivity contribution in [2.24, 2.45) is 12.5 Å². The number of nitrogens with zero attached hydrogens (tertiary/aromatic N) is 3. The van der Waals surface area contributed by atoms with Crippen LogP contribution in [0.5, 0.6) is 0 Å². The average Bonchev–Trinajstić information content (AvgIpc) is 2.56. The first-order valence-corrected chi connectivity index (χ1v) is 6.44. The van der Waals surface area contributed by atoms with E-state index in [4.69, 9.17) is 0 Å². The molecule has 3 aliphatic rings. The Hall–Kier alpha value is -1.52. The van der Waals surface area contributed by atoms with Crippen LogP contribution in [0.15, 0.2) is 21.2 Å². The lowest BCUT2D eigenvalue weighted by Crippen LogP contribution is -2.43. The third-order valence-electron chi connectivity index (χ3n) is 4.14. The molecule has 2 bridgehead atoms. The topological polar surface area (TPSA) is 48.9 Å². The molecule has 18 heavy (non-hydrogen) atoms. The first kappa shape index (κ1) is 11.6. The first-order valence-electron chi connectivity index (χ1n) is 6.44. The third kappa shape index (κ3) is 1.27. The predicted octanol–water partition coefficient (Wildman–Crippen LogP) is 1.21. The van der Waals surface area contributed by atoms with Crippen molar-refractivity contribution >= 4 is 0 Å². The number of hydrogen-bond acceptors (Lipinski definition) is 2. The van der Waals surface area contributed by atoms with Gasteiger partial charge in [0.05, 0.1) is 12.1 Å². The molecule has 2 unspecified atom stereocenters. The summed E-state index contributed by atoms with van der Waals surface area (Å²) in [6, 6.07) is 0.0991. The zero-order valence-electron chi connectivity index (χ0n) is 11.3. The summed E-state index contributed by atoms with van der Waals surface area (Å²) in [5, 5.41) is 0. The molecular formula is C13H19N3O2. The van der Waals surface area contributed by atoms with E-state index in [0.717, 1.165) is 12.8 Å². The van der Waals surface area contributed by atoms with Crippen LogP contribution in [0.1, 0.15) is 45.7 Å². The highest BCUT2D eigenvalue weighted by atomic mass is 16.2. The standard InChI is InChI=1S/C13H19N3O2/c1-13(2,3)9-7-8-5-6-10(9)16-12(18)14(4)11(17)15(8)16/h7-8,10H,5-6H2,1-4H3. The van der Waals surface area contributed by atoms with E-state index in [2.05, 4.69) is 26.8 Å². The van der Waals surface area contributed by atoms with Crippen LogP contribution in [-0.4, -0.2) is 13.9 Å². The number of allylic oxidation sites excluding steroid dienone is 2. The minimum Gasteiger partial charge on any atom is -0.246 e. The van der Waals surface area contributed by atoms with Crippen molar-refractivity contribution in [1.29, 1.82) is 0 Å². The van der Waals surface area contributed by atoms with Crippen LogP contribution >= 0.6 is 0 Å². The molecule has 0 saturated heterocycles. The zero-order valence-corrected chi connectivity index (χ0v) is 11.3. The van der Waals surface area contributed by atoms with Crippen LogP contribution < -0.4 is 11.4 Å². The smallest absolute Gasteiger partial charge is 0.246 e. The second-order valence-electron chi connectivity index (χ2n) is 6.35. The SMILES string of the molecule is Cn1c(=O)n2n(c1=O)C1CCC2C=C1C(C)(C)C. The maximum absolute atomic E-state index is 12.2. The second kappa shape index (κ2) is 3.28. The normalized spacial score (nSPS) is 26.1. The fraction of sp³-hybridized carbons (Fsp3) is 0.692. The molecule has 0 saturated carbocycles. The molecule has 0 N–H and O–H groups in total. The van der Waals surface area contributed by atoms with Crippen molar-refractivity contribution in [3.8, 4) is 0 Å². The molecule has 0 radical (unpaired) electrons. The molecule has 4 rings (SSSR count). The van der Waals surface area contributed by atoms with Gasteiger partial charge in [0.2, 0.25) is 0 Å². The molecule has 0 aromatic carbocycles. The van der Waals surface area contributed by atoms with Gasteiger partial charge in [-0.05, 0) is 23.8 Å². The highest BCUT2D eigenvalue weighted by Gasteiger charge is 2.40. The molecule has 98 valence electrons. The van der Waals surface area contributed by atoms with Gasteiger partial charge in [0, 0.05) is 7.05 Å². The molecule has 2 atom stereocenters. The zero-order chi connectivity index (χ0) is 13.2. The number of fused-ring (bicyclic) bond motifs is 1. The molecule has 1 aromatic rings. The average molecular weight is 249 g/mol. The number of hydrogen-bond donors (Lipinski definition) is 0. The largest absolute Gasteiger partial charge is 0.347 e. The summed E-state index contributed by atoms with van der Waals surface area (Å²) in [5.74, 6) is 0. The maximum Gasteiger partial charge on any atom is 0.347 e. The van der Waals surface area contributed by atoms with Crippen LogP contribution in [0, 0.1) is 5.41 Å². The lowest BCUT2D eigenvalue weighted by molar-refractivity contribution is 0.215. The van der Waals surface area contributed by atoms with Crippen LogP contribution in [0.2, 0.25) is 0 Å². The first-order chi connectivity index (χ1) is 8.32. The van der Waals surface area contributed by atoms with Crippen molar-refractivity contribution < 1.29 is 0 Å². The van der Waals surface area contributed by atoms with E-state index in [1.807, 2.05) is 0 Å². The van der Waals surface area contributed by atoms with Crippen molar-refractivity contribution in [2.75, 3.05) is 0 Å². The lowest BCUT2D eigenvalue weighted by Gasteiger charge is -2.42. The van der Waals surface area contributed by atoms with Gasteiger partial charge in [0.15, 0.2) is 0 Å². The highest BCUT2D eigenvalue weighted by Crippen LogP contribution is 2.45. The van der Waals surface area contributed by atoms with E-state index >= 15 is 0 Å². The molecule has 0 spiro atoms. The summed E-state index contributed by atoms with van der Waals surface area (Å²) in [5.41, 5.74) is 0.940. The Labute approximate surface area is 105 Å². The molecule has 0 amide bonds. The van der Waals surface area contributed by atoms with E-state index in [9.17, 15) is 9.59 Å². The summed E-state index contributed by atoms with van der Waals surface area (Å²) in [6.07, 6.45) is 4.10.